The fourth-order valence-corrected chi connectivity index (χ4v) is 5.26. The molecule has 4 rings (SSSR count). The molecule has 13 heteroatoms. The maximum atomic E-state index is 13.0. The summed E-state index contributed by atoms with van der Waals surface area (Å²) in [4.78, 5) is 14.0. The number of hydrogen-bond acceptors (Lipinski definition) is 3. The zero-order chi connectivity index (χ0) is 28.3. The molecule has 2 aromatic rings. The lowest BCUT2D eigenvalue weighted by Crippen LogP contribution is -2.50. The van der Waals surface area contributed by atoms with Crippen LogP contribution in [0.1, 0.15) is 36.5 Å². The number of amides is 1. The quantitative estimate of drug-likeness (QED) is 0.497. The van der Waals surface area contributed by atoms with Gasteiger partial charge in [-0.2, -0.15) is 26.3 Å². The monoisotopic (exact) mass is 568 g/mol. The zero-order valence-electron chi connectivity index (χ0n) is 20.5. The number of nitrogens with zero attached hydrogens (tertiary/aromatic N) is 1. The molecule has 2 aliphatic rings. The SMILES string of the molecule is CC1C(OCc2cc(C(F)(F)F)cc(C(F)(F)F)c2)CN2C(=O)CC(NS(C)=O)CC12.Fc1ccccc1. The average Bonchev–Trinajstić information content (AvgIpc) is 3.13. The normalized spacial score (nSPS) is 24.4. The molecule has 2 aliphatic heterocycles. The van der Waals surface area contributed by atoms with Gasteiger partial charge in [-0.3, -0.25) is 4.79 Å². The van der Waals surface area contributed by atoms with E-state index in [9.17, 15) is 39.7 Å². The van der Waals surface area contributed by atoms with Gasteiger partial charge in [-0.25, -0.2) is 13.3 Å². The first-order valence-corrected chi connectivity index (χ1v) is 13.2. The smallest absolute Gasteiger partial charge is 0.371 e. The lowest BCUT2D eigenvalue weighted by Gasteiger charge is -2.35. The number of piperidine rings is 1. The van der Waals surface area contributed by atoms with Gasteiger partial charge in [0.2, 0.25) is 5.91 Å². The standard InChI is InChI=1S/C19H22F6N2O3S.C6H5F/c1-10-15-6-14(26-31(2)29)7-17(28)27(15)8-16(10)30-9-11-3-12(18(20,21)22)5-13(4-11)19(23,24)25;7-6-4-2-1-3-5-6/h3-5,10,14-16,26H,6-9H2,1-2H3;1-5H. The molecule has 1 N–H and O–H groups in total. The topological polar surface area (TPSA) is 58.6 Å². The van der Waals surface area contributed by atoms with Crippen molar-refractivity contribution in [1.82, 2.24) is 9.62 Å². The van der Waals surface area contributed by atoms with Crippen LogP contribution in [0.25, 0.3) is 0 Å². The molecule has 5 unspecified atom stereocenters. The number of carbonyl (C=O) groups is 1. The number of nitrogens with one attached hydrogen (secondary N) is 1. The molecule has 0 bridgehead atoms. The van der Waals surface area contributed by atoms with Crippen LogP contribution in [0, 0.1) is 11.7 Å². The van der Waals surface area contributed by atoms with E-state index in [1.165, 1.54) is 18.4 Å². The Balaban J connectivity index is 0.000000494. The van der Waals surface area contributed by atoms with Gasteiger partial charge >= 0.3 is 12.4 Å². The van der Waals surface area contributed by atoms with Crippen molar-refractivity contribution in [1.29, 1.82) is 0 Å². The van der Waals surface area contributed by atoms with E-state index in [0.717, 1.165) is 0 Å². The molecule has 0 aliphatic carbocycles. The second kappa shape index (κ2) is 12.1. The Labute approximate surface area is 217 Å². The largest absolute Gasteiger partial charge is 0.416 e. The Morgan fingerprint density at radius 3 is 2.08 bits per heavy atom. The Morgan fingerprint density at radius 1 is 1.03 bits per heavy atom. The van der Waals surface area contributed by atoms with Crippen molar-refractivity contribution in [3.05, 3.63) is 71.0 Å². The van der Waals surface area contributed by atoms with Gasteiger partial charge in [0.1, 0.15) is 5.82 Å². The average molecular weight is 569 g/mol. The first-order chi connectivity index (χ1) is 17.6. The van der Waals surface area contributed by atoms with E-state index < -0.39 is 47.2 Å². The number of fused-ring (bicyclic) bond motifs is 1. The molecule has 38 heavy (non-hydrogen) atoms. The summed E-state index contributed by atoms with van der Waals surface area (Å²) in [6.07, 6.45) is -8.23. The van der Waals surface area contributed by atoms with Crippen molar-refractivity contribution in [2.75, 3.05) is 12.8 Å². The molecular formula is C25H27F7N2O3S. The predicted molar refractivity (Wildman–Crippen MR) is 126 cm³/mol. The molecule has 2 heterocycles. The van der Waals surface area contributed by atoms with Gasteiger partial charge in [0.05, 0.1) is 34.8 Å². The highest BCUT2D eigenvalue weighted by atomic mass is 32.2. The predicted octanol–water partition coefficient (Wildman–Crippen LogP) is 5.33. The first kappa shape index (κ1) is 30.0. The van der Waals surface area contributed by atoms with Crippen LogP contribution in [-0.2, 0) is 39.5 Å². The highest BCUT2D eigenvalue weighted by Gasteiger charge is 2.46. The van der Waals surface area contributed by atoms with E-state index in [-0.39, 0.29) is 54.3 Å². The summed E-state index contributed by atoms with van der Waals surface area (Å²) in [6.45, 7) is 1.58. The van der Waals surface area contributed by atoms with Gasteiger partial charge < -0.3 is 9.64 Å². The Kier molecular flexibility index (Phi) is 9.58. The van der Waals surface area contributed by atoms with Crippen LogP contribution in [0.5, 0.6) is 0 Å². The van der Waals surface area contributed by atoms with Gasteiger partial charge in [0, 0.05) is 37.2 Å². The minimum absolute atomic E-state index is 0.0748. The van der Waals surface area contributed by atoms with Crippen LogP contribution in [0.3, 0.4) is 0 Å². The lowest BCUT2D eigenvalue weighted by atomic mass is 9.91. The molecule has 0 aromatic heterocycles. The van der Waals surface area contributed by atoms with Gasteiger partial charge in [-0.15, -0.1) is 0 Å². The van der Waals surface area contributed by atoms with E-state index in [4.69, 9.17) is 4.74 Å². The Bertz CT molecular complexity index is 1100. The van der Waals surface area contributed by atoms with Crippen LogP contribution >= 0.6 is 0 Å². The van der Waals surface area contributed by atoms with E-state index >= 15 is 0 Å². The van der Waals surface area contributed by atoms with Crippen LogP contribution in [-0.4, -0.2) is 46.0 Å². The molecule has 0 spiro atoms. The van der Waals surface area contributed by atoms with Crippen molar-refractivity contribution in [2.24, 2.45) is 5.92 Å². The summed E-state index contributed by atoms with van der Waals surface area (Å²) >= 11 is 0. The van der Waals surface area contributed by atoms with Gasteiger partial charge in [0.15, 0.2) is 0 Å². The number of benzene rings is 2. The fourth-order valence-electron chi connectivity index (χ4n) is 4.61. The number of halogens is 7. The van der Waals surface area contributed by atoms with Crippen molar-refractivity contribution in [3.63, 3.8) is 0 Å². The molecule has 210 valence electrons. The van der Waals surface area contributed by atoms with Crippen molar-refractivity contribution >= 4 is 16.9 Å². The third-order valence-electron chi connectivity index (χ3n) is 6.41. The third kappa shape index (κ3) is 8.00. The summed E-state index contributed by atoms with van der Waals surface area (Å²) in [5.74, 6) is -0.523. The molecule has 2 aromatic carbocycles. The number of hydrogen-bond donors (Lipinski definition) is 1. The summed E-state index contributed by atoms with van der Waals surface area (Å²) in [6, 6.07) is 8.82. The second-order valence-corrected chi connectivity index (χ2v) is 10.4. The van der Waals surface area contributed by atoms with Crippen LogP contribution in [0.2, 0.25) is 0 Å². The summed E-state index contributed by atoms with van der Waals surface area (Å²) in [5, 5.41) is 0. The molecule has 5 atom stereocenters. The van der Waals surface area contributed by atoms with Crippen LogP contribution in [0.4, 0.5) is 30.7 Å². The number of ether oxygens (including phenoxy) is 1. The summed E-state index contributed by atoms with van der Waals surface area (Å²) < 4.78 is 110. The zero-order valence-corrected chi connectivity index (χ0v) is 21.3. The molecule has 5 nitrogen and oxygen atoms in total. The third-order valence-corrected chi connectivity index (χ3v) is 7.08. The van der Waals surface area contributed by atoms with Gasteiger partial charge in [-0.05, 0) is 42.3 Å². The minimum Gasteiger partial charge on any atom is -0.371 e. The molecular weight excluding hydrogens is 541 g/mol. The molecule has 0 radical (unpaired) electrons. The molecule has 2 fully saturated rings. The highest BCUT2D eigenvalue weighted by molar-refractivity contribution is 7.82. The number of carbonyl (C=O) groups excluding carboxylic acids is 1. The van der Waals surface area contributed by atoms with E-state index in [0.29, 0.717) is 18.6 Å². The summed E-state index contributed by atoms with van der Waals surface area (Å²) in [7, 11) is -1.29. The molecule has 2 saturated heterocycles. The lowest BCUT2D eigenvalue weighted by molar-refractivity contribution is -0.143. The van der Waals surface area contributed by atoms with Crippen molar-refractivity contribution < 1.29 is 44.5 Å². The van der Waals surface area contributed by atoms with Crippen molar-refractivity contribution in [3.8, 4) is 0 Å². The first-order valence-electron chi connectivity index (χ1n) is 11.6. The van der Waals surface area contributed by atoms with E-state index in [2.05, 4.69) is 4.72 Å². The maximum absolute atomic E-state index is 13.0. The Morgan fingerprint density at radius 2 is 1.61 bits per heavy atom. The minimum atomic E-state index is -4.93. The van der Waals surface area contributed by atoms with E-state index in [1.807, 2.05) is 6.92 Å². The Hall–Kier alpha value is -2.51. The molecule has 1 amide bonds. The molecule has 0 saturated carbocycles. The second-order valence-electron chi connectivity index (χ2n) is 9.24. The highest BCUT2D eigenvalue weighted by Crippen LogP contribution is 2.38. The number of rotatable bonds is 5. The van der Waals surface area contributed by atoms with E-state index in [1.54, 1.807) is 23.1 Å². The van der Waals surface area contributed by atoms with Gasteiger partial charge in [0.25, 0.3) is 0 Å². The summed E-state index contributed by atoms with van der Waals surface area (Å²) in [5.41, 5.74) is -3.03. The maximum Gasteiger partial charge on any atom is 0.416 e. The van der Waals surface area contributed by atoms with Gasteiger partial charge in [-0.1, -0.05) is 25.1 Å². The van der Waals surface area contributed by atoms with Crippen LogP contribution < -0.4 is 4.72 Å². The number of alkyl halides is 6. The van der Waals surface area contributed by atoms with Crippen LogP contribution in [0.15, 0.2) is 48.5 Å². The van der Waals surface area contributed by atoms with Crippen molar-refractivity contribution in [2.45, 2.75) is 56.9 Å². The fraction of sp³-hybridized carbons (Fsp3) is 0.480.